The van der Waals surface area contributed by atoms with Gasteiger partial charge in [0.25, 0.3) is 0 Å². The third-order valence-electron chi connectivity index (χ3n) is 3.68. The molecule has 2 unspecified atom stereocenters. The molecule has 0 spiro atoms. The molecule has 1 aliphatic rings. The molecule has 0 bridgehead atoms. The number of hydrogen-bond acceptors (Lipinski definition) is 2. The zero-order valence-electron chi connectivity index (χ0n) is 11.2. The van der Waals surface area contributed by atoms with Gasteiger partial charge in [-0.1, -0.05) is 28.1 Å². The van der Waals surface area contributed by atoms with Crippen molar-refractivity contribution in [3.05, 3.63) is 33.8 Å². The van der Waals surface area contributed by atoms with E-state index in [1.54, 1.807) is 0 Å². The highest BCUT2D eigenvalue weighted by Crippen LogP contribution is 2.29. The van der Waals surface area contributed by atoms with Crippen molar-refractivity contribution in [3.63, 3.8) is 0 Å². The van der Waals surface area contributed by atoms with E-state index in [-0.39, 0.29) is 0 Å². The third-order valence-corrected chi connectivity index (χ3v) is 4.37. The molecule has 100 valence electrons. The van der Waals surface area contributed by atoms with E-state index in [2.05, 4.69) is 46.4 Å². The molecule has 0 amide bonds. The Morgan fingerprint density at radius 1 is 1.50 bits per heavy atom. The number of hydrogen-bond donors (Lipinski definition) is 1. The lowest BCUT2D eigenvalue weighted by atomic mass is 9.98. The molecule has 0 saturated carbocycles. The van der Waals surface area contributed by atoms with Crippen LogP contribution in [0, 0.1) is 6.92 Å². The molecule has 2 nitrogen and oxygen atoms in total. The predicted molar refractivity (Wildman–Crippen MR) is 78.9 cm³/mol. The Labute approximate surface area is 118 Å². The molecule has 0 aliphatic carbocycles. The van der Waals surface area contributed by atoms with Gasteiger partial charge >= 0.3 is 0 Å². The fourth-order valence-corrected chi connectivity index (χ4v) is 3.36. The van der Waals surface area contributed by atoms with E-state index < -0.39 is 0 Å². The van der Waals surface area contributed by atoms with Crippen LogP contribution >= 0.6 is 15.9 Å². The largest absolute Gasteiger partial charge is 0.378 e. The topological polar surface area (TPSA) is 21.3 Å². The lowest BCUT2D eigenvalue weighted by Crippen LogP contribution is -2.19. The summed E-state index contributed by atoms with van der Waals surface area (Å²) in [5.41, 5.74) is 2.64. The second-order valence-corrected chi connectivity index (χ2v) is 5.93. The molecule has 2 atom stereocenters. The molecule has 1 aromatic carbocycles. The van der Waals surface area contributed by atoms with Crippen molar-refractivity contribution in [2.45, 2.75) is 44.8 Å². The van der Waals surface area contributed by atoms with Crippen LogP contribution in [0.1, 0.15) is 42.9 Å². The lowest BCUT2D eigenvalue weighted by molar-refractivity contribution is 0.0998. The summed E-state index contributed by atoms with van der Waals surface area (Å²) in [5, 5.41) is 3.42. The van der Waals surface area contributed by atoms with Gasteiger partial charge in [0, 0.05) is 17.1 Å². The zero-order valence-corrected chi connectivity index (χ0v) is 12.8. The van der Waals surface area contributed by atoms with Gasteiger partial charge in [0.15, 0.2) is 0 Å². The van der Waals surface area contributed by atoms with Gasteiger partial charge in [-0.15, -0.1) is 0 Å². The normalized spacial score (nSPS) is 21.2. The maximum absolute atomic E-state index is 5.69. The zero-order chi connectivity index (χ0) is 13.0. The number of benzene rings is 1. The predicted octanol–water partition coefficient (Wildman–Crippen LogP) is 3.98. The number of nitrogens with one attached hydrogen (secondary N) is 1. The Balaban J connectivity index is 1.98. The Bertz CT molecular complexity index is 388. The van der Waals surface area contributed by atoms with E-state index in [1.165, 1.54) is 28.4 Å². The number of ether oxygens (including phenoxy) is 1. The Morgan fingerprint density at radius 2 is 2.33 bits per heavy atom. The number of aryl methyl sites for hydroxylation is 1. The quantitative estimate of drug-likeness (QED) is 0.888. The van der Waals surface area contributed by atoms with Crippen LogP contribution in [0.25, 0.3) is 0 Å². The van der Waals surface area contributed by atoms with Crippen molar-refractivity contribution in [2.75, 3.05) is 13.7 Å². The highest BCUT2D eigenvalue weighted by Gasteiger charge is 2.19. The Morgan fingerprint density at radius 3 is 2.94 bits per heavy atom. The molecule has 0 aromatic heterocycles. The summed E-state index contributed by atoms with van der Waals surface area (Å²) in [6.45, 7) is 3.07. The van der Waals surface area contributed by atoms with Gasteiger partial charge in [-0.05, 0) is 56.8 Å². The van der Waals surface area contributed by atoms with Crippen LogP contribution in [0.4, 0.5) is 0 Å². The van der Waals surface area contributed by atoms with Crippen molar-refractivity contribution in [2.24, 2.45) is 0 Å². The highest BCUT2D eigenvalue weighted by molar-refractivity contribution is 9.10. The third kappa shape index (κ3) is 3.56. The summed E-state index contributed by atoms with van der Waals surface area (Å²) in [7, 11) is 2.03. The van der Waals surface area contributed by atoms with Crippen LogP contribution < -0.4 is 5.32 Å². The van der Waals surface area contributed by atoms with Crippen molar-refractivity contribution in [1.82, 2.24) is 5.32 Å². The monoisotopic (exact) mass is 311 g/mol. The summed E-state index contributed by atoms with van der Waals surface area (Å²) in [6, 6.07) is 6.99. The van der Waals surface area contributed by atoms with E-state index in [1.807, 2.05) is 7.05 Å². The first-order valence-corrected chi connectivity index (χ1v) is 7.55. The Kier molecular flexibility index (Phi) is 5.22. The molecule has 1 fully saturated rings. The molecular weight excluding hydrogens is 290 g/mol. The summed E-state index contributed by atoms with van der Waals surface area (Å²) in [5.74, 6) is 0. The summed E-state index contributed by atoms with van der Waals surface area (Å²) in [6.07, 6.45) is 5.20. The van der Waals surface area contributed by atoms with E-state index >= 15 is 0 Å². The van der Waals surface area contributed by atoms with Gasteiger partial charge in [-0.2, -0.15) is 0 Å². The fourth-order valence-electron chi connectivity index (χ4n) is 2.59. The van der Waals surface area contributed by atoms with Gasteiger partial charge in [-0.25, -0.2) is 0 Å². The molecule has 1 heterocycles. The SMILES string of the molecule is CNC(CCC1CCCO1)c1ccc(C)cc1Br. The fraction of sp³-hybridized carbons (Fsp3) is 0.600. The van der Waals surface area contributed by atoms with Crippen molar-refractivity contribution in [1.29, 1.82) is 0 Å². The van der Waals surface area contributed by atoms with Crippen LogP contribution in [0.3, 0.4) is 0 Å². The van der Waals surface area contributed by atoms with Crippen LogP contribution in [-0.2, 0) is 4.74 Å². The molecule has 3 heteroatoms. The summed E-state index contributed by atoms with van der Waals surface area (Å²) >= 11 is 3.67. The first-order chi connectivity index (χ1) is 8.70. The maximum Gasteiger partial charge on any atom is 0.0576 e. The van der Waals surface area contributed by atoms with Gasteiger partial charge in [-0.3, -0.25) is 0 Å². The van der Waals surface area contributed by atoms with E-state index in [0.29, 0.717) is 12.1 Å². The van der Waals surface area contributed by atoms with Crippen LogP contribution in [0.2, 0.25) is 0 Å². The molecule has 1 aromatic rings. The maximum atomic E-state index is 5.69. The molecule has 2 rings (SSSR count). The van der Waals surface area contributed by atoms with Gasteiger partial charge in [0.2, 0.25) is 0 Å². The Hall–Kier alpha value is -0.380. The van der Waals surface area contributed by atoms with E-state index in [0.717, 1.165) is 19.4 Å². The minimum atomic E-state index is 0.407. The lowest BCUT2D eigenvalue weighted by Gasteiger charge is -2.20. The molecule has 1 saturated heterocycles. The van der Waals surface area contributed by atoms with Gasteiger partial charge in [0.1, 0.15) is 0 Å². The first-order valence-electron chi connectivity index (χ1n) is 6.75. The average Bonchev–Trinajstić information content (AvgIpc) is 2.85. The number of rotatable bonds is 5. The van der Waals surface area contributed by atoms with Gasteiger partial charge in [0.05, 0.1) is 6.10 Å². The molecule has 1 N–H and O–H groups in total. The van der Waals surface area contributed by atoms with Crippen molar-refractivity contribution >= 4 is 15.9 Å². The van der Waals surface area contributed by atoms with E-state index in [4.69, 9.17) is 4.74 Å². The summed E-state index contributed by atoms with van der Waals surface area (Å²) in [4.78, 5) is 0. The second kappa shape index (κ2) is 6.69. The molecule has 1 aliphatic heterocycles. The van der Waals surface area contributed by atoms with Crippen molar-refractivity contribution < 1.29 is 4.74 Å². The van der Waals surface area contributed by atoms with E-state index in [9.17, 15) is 0 Å². The summed E-state index contributed by atoms with van der Waals surface area (Å²) < 4.78 is 6.90. The molecule has 0 radical (unpaired) electrons. The standard InChI is InChI=1S/C15H22BrNO/c1-11-5-7-13(14(16)10-11)15(17-2)8-6-12-4-3-9-18-12/h5,7,10,12,15,17H,3-4,6,8-9H2,1-2H3. The second-order valence-electron chi connectivity index (χ2n) is 5.08. The van der Waals surface area contributed by atoms with Crippen LogP contribution in [0.15, 0.2) is 22.7 Å². The minimum absolute atomic E-state index is 0.407. The average molecular weight is 312 g/mol. The van der Waals surface area contributed by atoms with Crippen LogP contribution in [-0.4, -0.2) is 19.8 Å². The smallest absolute Gasteiger partial charge is 0.0576 e. The van der Waals surface area contributed by atoms with Gasteiger partial charge < -0.3 is 10.1 Å². The van der Waals surface area contributed by atoms with Crippen molar-refractivity contribution in [3.8, 4) is 0 Å². The number of halogens is 1. The van der Waals surface area contributed by atoms with Crippen LogP contribution in [0.5, 0.6) is 0 Å². The molecular formula is C15H22BrNO. The molecule has 18 heavy (non-hydrogen) atoms. The first kappa shape index (κ1) is 14.0. The highest BCUT2D eigenvalue weighted by atomic mass is 79.9. The minimum Gasteiger partial charge on any atom is -0.378 e.